The van der Waals surface area contributed by atoms with Crippen molar-refractivity contribution in [1.29, 1.82) is 0 Å². The standard InChI is InChI=1S/C34H29N5O4/c1-23-19-27(13-17-31(23)43-28-14-11-25(12-15-28)34(41)39-26-8-4-3-5-9-26)38-33-29-20-24(10-16-30(29)36-22-37-33)7-6-18-35-32(40)21-42-2/h3-5,8-17,19-20,22H,18,21H2,1-2H3,(H,35,40)(H,39,41)(H,36,37,38). The number of benzene rings is 4. The number of hydrogen-bond donors (Lipinski definition) is 3. The Kier molecular flexibility index (Phi) is 9.22. The van der Waals surface area contributed by atoms with Crippen LogP contribution in [0, 0.1) is 18.8 Å². The number of para-hydroxylation sites is 1. The summed E-state index contributed by atoms with van der Waals surface area (Å²) < 4.78 is 10.9. The molecule has 5 aromatic rings. The van der Waals surface area contributed by atoms with E-state index in [1.165, 1.54) is 13.4 Å². The summed E-state index contributed by atoms with van der Waals surface area (Å²) in [4.78, 5) is 32.9. The highest BCUT2D eigenvalue weighted by Crippen LogP contribution is 2.30. The normalized spacial score (nSPS) is 10.4. The molecule has 0 saturated heterocycles. The van der Waals surface area contributed by atoms with Gasteiger partial charge in [0.1, 0.15) is 30.3 Å². The maximum atomic E-state index is 12.5. The van der Waals surface area contributed by atoms with Gasteiger partial charge in [0, 0.05) is 35.0 Å². The first kappa shape index (κ1) is 28.8. The van der Waals surface area contributed by atoms with Crippen LogP contribution in [-0.2, 0) is 9.53 Å². The number of carbonyl (C=O) groups is 2. The molecule has 4 aromatic carbocycles. The molecule has 0 unspecified atom stereocenters. The molecule has 43 heavy (non-hydrogen) atoms. The number of nitrogens with one attached hydrogen (secondary N) is 3. The van der Waals surface area contributed by atoms with Crippen molar-refractivity contribution in [2.24, 2.45) is 0 Å². The molecular weight excluding hydrogens is 542 g/mol. The maximum Gasteiger partial charge on any atom is 0.255 e. The number of amides is 2. The third kappa shape index (κ3) is 7.73. The molecule has 9 heteroatoms. The molecule has 9 nitrogen and oxygen atoms in total. The lowest BCUT2D eigenvalue weighted by molar-refractivity contribution is -0.124. The highest BCUT2D eigenvalue weighted by atomic mass is 16.5. The molecule has 0 aliphatic heterocycles. The van der Waals surface area contributed by atoms with Gasteiger partial charge in [-0.3, -0.25) is 9.59 Å². The Bertz CT molecular complexity index is 1810. The van der Waals surface area contributed by atoms with Crippen LogP contribution in [0.3, 0.4) is 0 Å². The van der Waals surface area contributed by atoms with Gasteiger partial charge in [0.2, 0.25) is 5.91 Å². The third-order valence-corrected chi connectivity index (χ3v) is 6.33. The predicted molar refractivity (Wildman–Crippen MR) is 167 cm³/mol. The number of ether oxygens (including phenoxy) is 2. The molecule has 0 aliphatic rings. The van der Waals surface area contributed by atoms with E-state index in [9.17, 15) is 9.59 Å². The molecule has 5 rings (SSSR count). The molecule has 3 N–H and O–H groups in total. The predicted octanol–water partition coefficient (Wildman–Crippen LogP) is 5.84. The third-order valence-electron chi connectivity index (χ3n) is 6.33. The lowest BCUT2D eigenvalue weighted by atomic mass is 10.1. The van der Waals surface area contributed by atoms with Gasteiger partial charge in [-0.05, 0) is 85.3 Å². The van der Waals surface area contributed by atoms with Crippen LogP contribution in [0.1, 0.15) is 21.5 Å². The van der Waals surface area contributed by atoms with Gasteiger partial charge in [-0.15, -0.1) is 0 Å². The van der Waals surface area contributed by atoms with Crippen molar-refractivity contribution in [2.45, 2.75) is 6.92 Å². The lowest BCUT2D eigenvalue weighted by Crippen LogP contribution is -2.27. The van der Waals surface area contributed by atoms with E-state index in [-0.39, 0.29) is 25.0 Å². The van der Waals surface area contributed by atoms with E-state index in [0.29, 0.717) is 22.9 Å². The first-order valence-electron chi connectivity index (χ1n) is 13.5. The van der Waals surface area contributed by atoms with Gasteiger partial charge in [-0.25, -0.2) is 9.97 Å². The van der Waals surface area contributed by atoms with Gasteiger partial charge < -0.3 is 25.4 Å². The number of aryl methyl sites for hydroxylation is 1. The minimum Gasteiger partial charge on any atom is -0.457 e. The van der Waals surface area contributed by atoms with Crippen molar-refractivity contribution in [1.82, 2.24) is 15.3 Å². The van der Waals surface area contributed by atoms with Crippen LogP contribution < -0.4 is 20.7 Å². The topological polar surface area (TPSA) is 114 Å². The SMILES string of the molecule is COCC(=O)NCC#Cc1ccc2ncnc(Nc3ccc(Oc4ccc(C(=O)Nc5ccccc5)cc4)c(C)c3)c2c1. The Morgan fingerprint density at radius 2 is 1.70 bits per heavy atom. The molecule has 214 valence electrons. The molecule has 0 spiro atoms. The van der Waals surface area contributed by atoms with Gasteiger partial charge in [0.15, 0.2) is 0 Å². The molecule has 1 aromatic heterocycles. The average Bonchev–Trinajstić information content (AvgIpc) is 3.02. The first-order valence-corrected chi connectivity index (χ1v) is 13.5. The van der Waals surface area contributed by atoms with Crippen LogP contribution >= 0.6 is 0 Å². The maximum absolute atomic E-state index is 12.5. The molecule has 0 bridgehead atoms. The highest BCUT2D eigenvalue weighted by Gasteiger charge is 2.10. The molecule has 1 heterocycles. The van der Waals surface area contributed by atoms with Crippen LogP contribution in [0.25, 0.3) is 10.9 Å². The molecule has 0 saturated carbocycles. The van der Waals surface area contributed by atoms with Gasteiger partial charge in [-0.2, -0.15) is 0 Å². The smallest absolute Gasteiger partial charge is 0.255 e. The summed E-state index contributed by atoms with van der Waals surface area (Å²) in [5, 5.41) is 9.73. The Balaban J connectivity index is 1.25. The monoisotopic (exact) mass is 571 g/mol. The fourth-order valence-electron chi connectivity index (χ4n) is 4.21. The first-order chi connectivity index (χ1) is 21.0. The second-order valence-electron chi connectivity index (χ2n) is 9.52. The number of nitrogens with zero attached hydrogens (tertiary/aromatic N) is 2. The molecule has 0 radical (unpaired) electrons. The fraction of sp³-hybridized carbons (Fsp3) is 0.118. The van der Waals surface area contributed by atoms with Crippen molar-refractivity contribution in [3.63, 3.8) is 0 Å². The minimum absolute atomic E-state index is 0.000642. The van der Waals surface area contributed by atoms with Crippen molar-refractivity contribution in [3.8, 4) is 23.3 Å². The quantitative estimate of drug-likeness (QED) is 0.191. The van der Waals surface area contributed by atoms with Crippen molar-refractivity contribution in [2.75, 3.05) is 30.9 Å². The number of methoxy groups -OCH3 is 1. The Morgan fingerprint density at radius 3 is 2.47 bits per heavy atom. The van der Waals surface area contributed by atoms with Crippen LogP contribution in [0.2, 0.25) is 0 Å². The van der Waals surface area contributed by atoms with E-state index in [0.717, 1.165) is 33.4 Å². The van der Waals surface area contributed by atoms with Gasteiger partial charge in [0.05, 0.1) is 12.1 Å². The van der Waals surface area contributed by atoms with E-state index < -0.39 is 0 Å². The van der Waals surface area contributed by atoms with Gasteiger partial charge >= 0.3 is 0 Å². The molecule has 0 atom stereocenters. The average molecular weight is 572 g/mol. The summed E-state index contributed by atoms with van der Waals surface area (Å²) in [6.45, 7) is 2.18. The van der Waals surface area contributed by atoms with Crippen molar-refractivity contribution in [3.05, 3.63) is 114 Å². The van der Waals surface area contributed by atoms with Crippen LogP contribution in [-0.4, -0.2) is 42.0 Å². The lowest BCUT2D eigenvalue weighted by Gasteiger charge is -2.13. The van der Waals surface area contributed by atoms with E-state index in [1.54, 1.807) is 24.3 Å². The molecule has 2 amide bonds. The van der Waals surface area contributed by atoms with Crippen molar-refractivity contribution >= 4 is 39.9 Å². The molecule has 0 fully saturated rings. The number of aromatic nitrogens is 2. The van der Waals surface area contributed by atoms with E-state index in [2.05, 4.69) is 37.8 Å². The second kappa shape index (κ2) is 13.8. The van der Waals surface area contributed by atoms with E-state index >= 15 is 0 Å². The summed E-state index contributed by atoms with van der Waals surface area (Å²) >= 11 is 0. The number of carbonyl (C=O) groups excluding carboxylic acids is 2. The van der Waals surface area contributed by atoms with Gasteiger partial charge in [0.25, 0.3) is 5.91 Å². The zero-order chi connectivity index (χ0) is 30.0. The summed E-state index contributed by atoms with van der Waals surface area (Å²) in [5.74, 6) is 7.54. The van der Waals surface area contributed by atoms with E-state index in [1.807, 2.05) is 73.7 Å². The molecule has 0 aliphatic carbocycles. The molecular formula is C34H29N5O4. The highest BCUT2D eigenvalue weighted by molar-refractivity contribution is 6.04. The van der Waals surface area contributed by atoms with Crippen LogP contribution in [0.4, 0.5) is 17.2 Å². The summed E-state index contributed by atoms with van der Waals surface area (Å²) in [6.07, 6.45) is 1.51. The van der Waals surface area contributed by atoms with E-state index in [4.69, 9.17) is 9.47 Å². The zero-order valence-corrected chi connectivity index (χ0v) is 23.7. The fourth-order valence-corrected chi connectivity index (χ4v) is 4.21. The number of hydrogen-bond acceptors (Lipinski definition) is 7. The van der Waals surface area contributed by atoms with Crippen LogP contribution in [0.15, 0.2) is 97.3 Å². The summed E-state index contributed by atoms with van der Waals surface area (Å²) in [5.41, 5.74) is 4.56. The number of anilines is 3. The Labute approximate surface area is 249 Å². The zero-order valence-electron chi connectivity index (χ0n) is 23.7. The Morgan fingerprint density at radius 1 is 0.884 bits per heavy atom. The van der Waals surface area contributed by atoms with Gasteiger partial charge in [-0.1, -0.05) is 30.0 Å². The van der Waals surface area contributed by atoms with Crippen LogP contribution in [0.5, 0.6) is 11.5 Å². The van der Waals surface area contributed by atoms with Crippen molar-refractivity contribution < 1.29 is 19.1 Å². The second-order valence-corrected chi connectivity index (χ2v) is 9.52. The summed E-state index contributed by atoms with van der Waals surface area (Å²) in [7, 11) is 1.47. The largest absolute Gasteiger partial charge is 0.457 e. The number of rotatable bonds is 9. The summed E-state index contributed by atoms with van der Waals surface area (Å²) in [6, 6.07) is 27.8. The Hall–Kier alpha value is -5.72. The minimum atomic E-state index is -0.219. The number of fused-ring (bicyclic) bond motifs is 1.